The molecule has 2 rings (SSSR count). The molecule has 0 aliphatic heterocycles. The van der Waals surface area contributed by atoms with Crippen LogP contribution in [0.25, 0.3) is 0 Å². The lowest BCUT2D eigenvalue weighted by Crippen LogP contribution is -2.12. The number of hydrogen-bond acceptors (Lipinski definition) is 4. The first-order valence-corrected chi connectivity index (χ1v) is 5.94. The molecule has 0 spiro atoms. The van der Waals surface area contributed by atoms with Crippen molar-refractivity contribution in [3.05, 3.63) is 52.1 Å². The van der Waals surface area contributed by atoms with Crippen molar-refractivity contribution in [3.8, 4) is 5.75 Å². The van der Waals surface area contributed by atoms with Crippen LogP contribution in [-0.4, -0.2) is 4.98 Å². The van der Waals surface area contributed by atoms with Crippen molar-refractivity contribution in [2.75, 3.05) is 5.43 Å². The van der Waals surface area contributed by atoms with Crippen molar-refractivity contribution in [3.63, 3.8) is 0 Å². The molecule has 0 saturated carbocycles. The van der Waals surface area contributed by atoms with Gasteiger partial charge in [-0.05, 0) is 18.2 Å². The third kappa shape index (κ3) is 3.04. The molecule has 3 N–H and O–H groups in total. The van der Waals surface area contributed by atoms with Crippen LogP contribution in [0.15, 0.2) is 36.5 Å². The first kappa shape index (κ1) is 13.0. The topological polar surface area (TPSA) is 60.2 Å². The summed E-state index contributed by atoms with van der Waals surface area (Å²) in [7, 11) is 0. The Hall–Kier alpha value is -1.49. The van der Waals surface area contributed by atoms with Gasteiger partial charge in [-0.25, -0.2) is 10.8 Å². The summed E-state index contributed by atoms with van der Waals surface area (Å²) in [6.07, 6.45) is 1.64. The number of nitrogen functional groups attached to an aromatic ring is 1. The molecule has 0 fully saturated rings. The van der Waals surface area contributed by atoms with Gasteiger partial charge in [0.25, 0.3) is 0 Å². The first-order chi connectivity index (χ1) is 8.70. The molecule has 0 amide bonds. The van der Waals surface area contributed by atoms with Crippen molar-refractivity contribution >= 4 is 29.0 Å². The standard InChI is InChI=1S/C12H11Cl2N3O/c13-9-3-4-10(14)11(6-9)18-7-8-2-1-5-16-12(8)17-15/h1-6H,7,15H2,(H,16,17). The van der Waals surface area contributed by atoms with E-state index < -0.39 is 0 Å². The van der Waals surface area contributed by atoms with Crippen LogP contribution >= 0.6 is 23.2 Å². The minimum Gasteiger partial charge on any atom is -0.487 e. The number of nitrogens with zero attached hydrogens (tertiary/aromatic N) is 1. The van der Waals surface area contributed by atoms with Crippen LogP contribution in [0, 0.1) is 0 Å². The molecule has 0 atom stereocenters. The van der Waals surface area contributed by atoms with Crippen LogP contribution < -0.4 is 16.0 Å². The molecule has 1 aromatic heterocycles. The van der Waals surface area contributed by atoms with Crippen molar-refractivity contribution < 1.29 is 4.74 Å². The number of aromatic nitrogens is 1. The Bertz CT molecular complexity index is 549. The van der Waals surface area contributed by atoms with E-state index in [1.165, 1.54) is 0 Å². The third-order valence-electron chi connectivity index (χ3n) is 2.30. The zero-order chi connectivity index (χ0) is 13.0. The van der Waals surface area contributed by atoms with E-state index >= 15 is 0 Å². The van der Waals surface area contributed by atoms with Gasteiger partial charge in [0.1, 0.15) is 18.2 Å². The van der Waals surface area contributed by atoms with Gasteiger partial charge in [0, 0.05) is 22.8 Å². The second-order valence-electron chi connectivity index (χ2n) is 3.52. The van der Waals surface area contributed by atoms with Crippen LogP contribution in [0.3, 0.4) is 0 Å². The second kappa shape index (κ2) is 5.91. The maximum atomic E-state index is 6.00. The molecule has 0 bridgehead atoms. The van der Waals surface area contributed by atoms with Crippen LogP contribution in [0.1, 0.15) is 5.56 Å². The smallest absolute Gasteiger partial charge is 0.146 e. The number of hydrazine groups is 1. The summed E-state index contributed by atoms with van der Waals surface area (Å²) in [5.41, 5.74) is 3.34. The average molecular weight is 284 g/mol. The van der Waals surface area contributed by atoms with Crippen molar-refractivity contribution in [1.29, 1.82) is 0 Å². The van der Waals surface area contributed by atoms with Crippen LogP contribution in [0.5, 0.6) is 5.75 Å². The Kier molecular flexibility index (Phi) is 4.25. The lowest BCUT2D eigenvalue weighted by molar-refractivity contribution is 0.306. The summed E-state index contributed by atoms with van der Waals surface area (Å²) in [6.45, 7) is 0.299. The minimum atomic E-state index is 0.299. The molecule has 6 heteroatoms. The third-order valence-corrected chi connectivity index (χ3v) is 2.85. The molecule has 4 nitrogen and oxygen atoms in total. The van der Waals surface area contributed by atoms with Gasteiger partial charge in [0.15, 0.2) is 0 Å². The highest BCUT2D eigenvalue weighted by Crippen LogP contribution is 2.28. The van der Waals surface area contributed by atoms with E-state index in [0.717, 1.165) is 5.56 Å². The summed E-state index contributed by atoms with van der Waals surface area (Å²) in [5, 5.41) is 1.07. The second-order valence-corrected chi connectivity index (χ2v) is 4.36. The minimum absolute atomic E-state index is 0.299. The summed E-state index contributed by atoms with van der Waals surface area (Å²) < 4.78 is 5.59. The number of anilines is 1. The lowest BCUT2D eigenvalue weighted by Gasteiger charge is -2.10. The van der Waals surface area contributed by atoms with Gasteiger partial charge in [-0.3, -0.25) is 0 Å². The molecular formula is C12H11Cl2N3O. The normalized spacial score (nSPS) is 10.2. The summed E-state index contributed by atoms with van der Waals surface area (Å²) in [6, 6.07) is 8.72. The quantitative estimate of drug-likeness (QED) is 0.668. The fourth-order valence-electron chi connectivity index (χ4n) is 1.43. The van der Waals surface area contributed by atoms with Gasteiger partial charge in [-0.15, -0.1) is 0 Å². The fraction of sp³-hybridized carbons (Fsp3) is 0.0833. The Morgan fingerprint density at radius 2 is 2.11 bits per heavy atom. The van der Waals surface area contributed by atoms with E-state index in [2.05, 4.69) is 10.4 Å². The number of pyridine rings is 1. The summed E-state index contributed by atoms with van der Waals surface area (Å²) in [4.78, 5) is 4.07. The van der Waals surface area contributed by atoms with E-state index in [4.69, 9.17) is 33.8 Å². The summed E-state index contributed by atoms with van der Waals surface area (Å²) in [5.74, 6) is 6.45. The predicted molar refractivity (Wildman–Crippen MR) is 72.8 cm³/mol. The molecular weight excluding hydrogens is 273 g/mol. The molecule has 0 aliphatic rings. The van der Waals surface area contributed by atoms with Crippen LogP contribution in [-0.2, 0) is 6.61 Å². The van der Waals surface area contributed by atoms with Crippen molar-refractivity contribution in [2.24, 2.45) is 5.84 Å². The van der Waals surface area contributed by atoms with Crippen molar-refractivity contribution in [1.82, 2.24) is 4.98 Å². The van der Waals surface area contributed by atoms with E-state index in [1.54, 1.807) is 30.5 Å². The molecule has 0 radical (unpaired) electrons. The highest BCUT2D eigenvalue weighted by Gasteiger charge is 2.06. The molecule has 0 aliphatic carbocycles. The maximum Gasteiger partial charge on any atom is 0.146 e. The fourth-order valence-corrected chi connectivity index (χ4v) is 1.76. The Morgan fingerprint density at radius 3 is 2.89 bits per heavy atom. The number of ether oxygens (including phenoxy) is 1. The van der Waals surface area contributed by atoms with Crippen molar-refractivity contribution in [2.45, 2.75) is 6.61 Å². The Labute approximate surface area is 115 Å². The molecule has 0 unspecified atom stereocenters. The Balaban J connectivity index is 2.14. The SMILES string of the molecule is NNc1ncccc1COc1cc(Cl)ccc1Cl. The number of nitrogens with one attached hydrogen (secondary N) is 1. The van der Waals surface area contributed by atoms with Gasteiger partial charge in [0.2, 0.25) is 0 Å². The monoisotopic (exact) mass is 283 g/mol. The zero-order valence-corrected chi connectivity index (χ0v) is 10.9. The van der Waals surface area contributed by atoms with Gasteiger partial charge >= 0.3 is 0 Å². The van der Waals surface area contributed by atoms with Gasteiger partial charge in [0.05, 0.1) is 5.02 Å². The summed E-state index contributed by atoms with van der Waals surface area (Å²) >= 11 is 11.9. The van der Waals surface area contributed by atoms with Gasteiger partial charge < -0.3 is 10.2 Å². The van der Waals surface area contributed by atoms with Gasteiger partial charge in [-0.1, -0.05) is 29.3 Å². The number of rotatable bonds is 4. The average Bonchev–Trinajstić information content (AvgIpc) is 2.40. The molecule has 0 saturated heterocycles. The number of nitrogens with two attached hydrogens (primary N) is 1. The predicted octanol–water partition coefficient (Wildman–Crippen LogP) is 3.25. The number of benzene rings is 1. The largest absolute Gasteiger partial charge is 0.487 e. The van der Waals surface area contributed by atoms with Crippen LogP contribution in [0.4, 0.5) is 5.82 Å². The molecule has 1 aromatic carbocycles. The molecule has 18 heavy (non-hydrogen) atoms. The maximum absolute atomic E-state index is 6.00. The molecule has 1 heterocycles. The van der Waals surface area contributed by atoms with E-state index in [-0.39, 0.29) is 0 Å². The highest BCUT2D eigenvalue weighted by atomic mass is 35.5. The highest BCUT2D eigenvalue weighted by molar-refractivity contribution is 6.34. The molecule has 94 valence electrons. The number of halogens is 2. The van der Waals surface area contributed by atoms with Crippen LogP contribution in [0.2, 0.25) is 10.0 Å². The van der Waals surface area contributed by atoms with Gasteiger partial charge in [-0.2, -0.15) is 0 Å². The first-order valence-electron chi connectivity index (χ1n) is 5.19. The zero-order valence-electron chi connectivity index (χ0n) is 9.36. The van der Waals surface area contributed by atoms with E-state index in [9.17, 15) is 0 Å². The van der Waals surface area contributed by atoms with E-state index in [0.29, 0.717) is 28.2 Å². The van der Waals surface area contributed by atoms with E-state index in [1.807, 2.05) is 6.07 Å². The molecule has 2 aromatic rings. The number of hydrogen-bond donors (Lipinski definition) is 2. The Morgan fingerprint density at radius 1 is 1.28 bits per heavy atom. The lowest BCUT2D eigenvalue weighted by atomic mass is 10.2.